The quantitative estimate of drug-likeness (QED) is 0.572. The highest BCUT2D eigenvalue weighted by Gasteiger charge is 2.18. The summed E-state index contributed by atoms with van der Waals surface area (Å²) in [5.74, 6) is 0.719. The molecule has 1 aliphatic rings. The number of thiophene rings is 1. The van der Waals surface area contributed by atoms with Crippen molar-refractivity contribution >= 4 is 40.3 Å². The number of ether oxygens (including phenoxy) is 1. The summed E-state index contributed by atoms with van der Waals surface area (Å²) in [7, 11) is 0. The molecule has 1 fully saturated rings. The van der Waals surface area contributed by atoms with E-state index in [1.807, 2.05) is 0 Å². The van der Waals surface area contributed by atoms with E-state index in [-0.39, 0.29) is 12.4 Å². The Balaban J connectivity index is 1.71. The maximum absolute atomic E-state index is 11.7. The fraction of sp³-hybridized carbons (Fsp3) is 0.583. The van der Waals surface area contributed by atoms with E-state index in [9.17, 15) is 4.79 Å². The average molecular weight is 293 g/mol. The Hall–Kier alpha value is -0.0900. The number of ketones is 1. The second kappa shape index (κ2) is 6.19. The number of rotatable bonds is 6. The highest BCUT2D eigenvalue weighted by molar-refractivity contribution is 7.20. The van der Waals surface area contributed by atoms with Crippen LogP contribution in [0.2, 0.25) is 8.67 Å². The lowest BCUT2D eigenvalue weighted by Crippen LogP contribution is -2.15. The third-order valence-electron chi connectivity index (χ3n) is 3.09. The minimum Gasteiger partial charge on any atom is -0.373 e. The summed E-state index contributed by atoms with van der Waals surface area (Å²) in [6.45, 7) is 0.755. The predicted octanol–water partition coefficient (Wildman–Crippen LogP) is 4.44. The van der Waals surface area contributed by atoms with Gasteiger partial charge < -0.3 is 4.74 Å². The van der Waals surface area contributed by atoms with Crippen LogP contribution in [0.4, 0.5) is 0 Å². The van der Waals surface area contributed by atoms with Crippen LogP contribution >= 0.6 is 34.5 Å². The Labute approximate surface area is 115 Å². The van der Waals surface area contributed by atoms with Crippen molar-refractivity contribution in [1.82, 2.24) is 0 Å². The Morgan fingerprint density at radius 2 is 2.24 bits per heavy atom. The summed E-state index contributed by atoms with van der Waals surface area (Å²) in [5.41, 5.74) is 0.477. The molecular weight excluding hydrogens is 279 g/mol. The van der Waals surface area contributed by atoms with Gasteiger partial charge in [0.1, 0.15) is 10.9 Å². The summed E-state index contributed by atoms with van der Waals surface area (Å²) < 4.78 is 6.36. The molecule has 0 saturated heterocycles. The van der Waals surface area contributed by atoms with Gasteiger partial charge in [0, 0.05) is 6.61 Å². The van der Waals surface area contributed by atoms with Crippen molar-refractivity contribution in [1.29, 1.82) is 0 Å². The first kappa shape index (κ1) is 13.3. The Kier molecular flexibility index (Phi) is 4.86. The number of Topliss-reactive ketones (excluding diaryl/α,β-unsaturated/α-hetero) is 1. The molecule has 0 radical (unpaired) electrons. The molecule has 17 heavy (non-hydrogen) atoms. The van der Waals surface area contributed by atoms with Gasteiger partial charge in [-0.1, -0.05) is 42.5 Å². The zero-order chi connectivity index (χ0) is 12.3. The van der Waals surface area contributed by atoms with Gasteiger partial charge >= 0.3 is 0 Å². The average Bonchev–Trinajstić information content (AvgIpc) is 2.54. The van der Waals surface area contributed by atoms with Crippen molar-refractivity contribution in [2.45, 2.75) is 25.7 Å². The smallest absolute Gasteiger partial charge is 0.190 e. The SMILES string of the molecule is O=C(COCCC1CCC1)c1cc(Cl)sc1Cl. The predicted molar refractivity (Wildman–Crippen MR) is 71.4 cm³/mol. The molecule has 1 heterocycles. The second-order valence-electron chi connectivity index (χ2n) is 4.30. The molecule has 0 aromatic carbocycles. The molecule has 0 aliphatic heterocycles. The minimum atomic E-state index is -0.0910. The van der Waals surface area contributed by atoms with Crippen molar-refractivity contribution < 1.29 is 9.53 Å². The molecule has 5 heteroatoms. The summed E-state index contributed by atoms with van der Waals surface area (Å²) in [5, 5.41) is 0. The van der Waals surface area contributed by atoms with E-state index in [1.54, 1.807) is 6.07 Å². The number of hydrogen-bond acceptors (Lipinski definition) is 3. The van der Waals surface area contributed by atoms with E-state index < -0.39 is 0 Å². The van der Waals surface area contributed by atoms with Crippen LogP contribution in [0.25, 0.3) is 0 Å². The molecule has 2 rings (SSSR count). The number of hydrogen-bond donors (Lipinski definition) is 0. The van der Waals surface area contributed by atoms with Crippen LogP contribution in [-0.2, 0) is 4.74 Å². The zero-order valence-corrected chi connectivity index (χ0v) is 11.7. The second-order valence-corrected chi connectivity index (χ2v) is 6.58. The molecule has 94 valence electrons. The molecule has 1 aliphatic carbocycles. The maximum atomic E-state index is 11.7. The molecule has 0 amide bonds. The minimum absolute atomic E-state index is 0.0910. The van der Waals surface area contributed by atoms with Crippen molar-refractivity contribution in [2.24, 2.45) is 5.92 Å². The highest BCUT2D eigenvalue weighted by Crippen LogP contribution is 2.31. The summed E-state index contributed by atoms with van der Waals surface area (Å²) in [4.78, 5) is 11.7. The van der Waals surface area contributed by atoms with Gasteiger partial charge in [-0.3, -0.25) is 4.79 Å². The third kappa shape index (κ3) is 3.68. The third-order valence-corrected chi connectivity index (χ3v) is 4.57. The van der Waals surface area contributed by atoms with Crippen LogP contribution < -0.4 is 0 Å². The molecule has 0 N–H and O–H groups in total. The zero-order valence-electron chi connectivity index (χ0n) is 9.38. The molecular formula is C12H14Cl2O2S. The van der Waals surface area contributed by atoms with Crippen LogP contribution in [-0.4, -0.2) is 19.0 Å². The fourth-order valence-electron chi connectivity index (χ4n) is 1.80. The van der Waals surface area contributed by atoms with E-state index in [1.165, 1.54) is 30.6 Å². The Morgan fingerprint density at radius 1 is 1.47 bits per heavy atom. The monoisotopic (exact) mass is 292 g/mol. The summed E-state index contributed by atoms with van der Waals surface area (Å²) >= 11 is 12.9. The lowest BCUT2D eigenvalue weighted by atomic mass is 9.83. The molecule has 0 atom stereocenters. The standard InChI is InChI=1S/C12H14Cl2O2S/c13-11-6-9(12(14)17-11)10(15)7-16-5-4-8-2-1-3-8/h6,8H,1-5,7H2. The Bertz CT molecular complexity index is 399. The first-order chi connectivity index (χ1) is 8.16. The van der Waals surface area contributed by atoms with Gasteiger partial charge in [-0.25, -0.2) is 0 Å². The van der Waals surface area contributed by atoms with Crippen molar-refractivity contribution in [2.75, 3.05) is 13.2 Å². The molecule has 1 aromatic heterocycles. The van der Waals surface area contributed by atoms with E-state index >= 15 is 0 Å². The van der Waals surface area contributed by atoms with Crippen LogP contribution in [0.5, 0.6) is 0 Å². The van der Waals surface area contributed by atoms with Crippen molar-refractivity contribution in [3.8, 4) is 0 Å². The molecule has 1 saturated carbocycles. The van der Waals surface area contributed by atoms with Crippen molar-refractivity contribution in [3.05, 3.63) is 20.3 Å². The van der Waals surface area contributed by atoms with E-state index in [0.717, 1.165) is 12.3 Å². The molecule has 0 bridgehead atoms. The van der Waals surface area contributed by atoms with Crippen LogP contribution in [0, 0.1) is 5.92 Å². The number of carbonyl (C=O) groups excluding carboxylic acids is 1. The van der Waals surface area contributed by atoms with Crippen molar-refractivity contribution in [3.63, 3.8) is 0 Å². The first-order valence-corrected chi connectivity index (χ1v) is 7.30. The van der Waals surface area contributed by atoms with Crippen LogP contribution in [0.1, 0.15) is 36.0 Å². The van der Waals surface area contributed by atoms with E-state index in [4.69, 9.17) is 27.9 Å². The van der Waals surface area contributed by atoms with Crippen LogP contribution in [0.15, 0.2) is 6.07 Å². The summed E-state index contributed by atoms with van der Waals surface area (Å²) in [6.07, 6.45) is 5.02. The lowest BCUT2D eigenvalue weighted by Gasteiger charge is -2.24. The van der Waals surface area contributed by atoms with Gasteiger partial charge in [-0.15, -0.1) is 11.3 Å². The topological polar surface area (TPSA) is 26.3 Å². The number of halogens is 2. The number of carbonyl (C=O) groups is 1. The molecule has 1 aromatic rings. The van der Waals surface area contributed by atoms with Gasteiger partial charge in [-0.2, -0.15) is 0 Å². The maximum Gasteiger partial charge on any atom is 0.190 e. The van der Waals surface area contributed by atoms with Gasteiger partial charge in [-0.05, 0) is 18.4 Å². The van der Waals surface area contributed by atoms with Gasteiger partial charge in [0.2, 0.25) is 0 Å². The summed E-state index contributed by atoms with van der Waals surface area (Å²) in [6, 6.07) is 1.60. The fourth-order valence-corrected chi connectivity index (χ4v) is 3.30. The lowest BCUT2D eigenvalue weighted by molar-refractivity contribution is 0.0705. The Morgan fingerprint density at radius 3 is 2.76 bits per heavy atom. The van der Waals surface area contributed by atoms with Crippen LogP contribution in [0.3, 0.4) is 0 Å². The highest BCUT2D eigenvalue weighted by atomic mass is 35.5. The molecule has 0 unspecified atom stereocenters. The first-order valence-electron chi connectivity index (χ1n) is 5.72. The van der Waals surface area contributed by atoms with E-state index in [2.05, 4.69) is 0 Å². The van der Waals surface area contributed by atoms with Gasteiger partial charge in [0.05, 0.1) is 9.90 Å². The largest absolute Gasteiger partial charge is 0.373 e. The molecule has 0 spiro atoms. The molecule has 2 nitrogen and oxygen atoms in total. The van der Waals surface area contributed by atoms with Gasteiger partial charge in [0.25, 0.3) is 0 Å². The van der Waals surface area contributed by atoms with Gasteiger partial charge in [0.15, 0.2) is 5.78 Å². The van der Waals surface area contributed by atoms with E-state index in [0.29, 0.717) is 20.8 Å². The normalized spacial score (nSPS) is 15.9.